The van der Waals surface area contributed by atoms with Gasteiger partial charge < -0.3 is 14.7 Å². The second-order valence-corrected chi connectivity index (χ2v) is 6.61. The topological polar surface area (TPSA) is 49.8 Å². The summed E-state index contributed by atoms with van der Waals surface area (Å²) in [7, 11) is 1.72. The summed E-state index contributed by atoms with van der Waals surface area (Å²) in [5.41, 5.74) is 0. The Hall–Kier alpha value is -0.780. The van der Waals surface area contributed by atoms with Crippen LogP contribution in [0.2, 0.25) is 5.02 Å². The van der Waals surface area contributed by atoms with E-state index < -0.39 is 6.10 Å². The van der Waals surface area contributed by atoms with E-state index in [-0.39, 0.29) is 18.6 Å². The minimum absolute atomic E-state index is 0.0823. The molecule has 4 nitrogen and oxygen atoms in total. The molecule has 1 saturated carbocycles. The number of aliphatic hydroxyl groups excluding tert-OH is 1. The lowest BCUT2D eigenvalue weighted by Gasteiger charge is -2.35. The van der Waals surface area contributed by atoms with Crippen LogP contribution in [0.25, 0.3) is 0 Å². The number of carbonyl (C=O) groups is 1. The van der Waals surface area contributed by atoms with Crippen molar-refractivity contribution in [2.24, 2.45) is 0 Å². The Balaban J connectivity index is 1.91. The van der Waals surface area contributed by atoms with Gasteiger partial charge in [0.25, 0.3) is 5.91 Å². The van der Waals surface area contributed by atoms with E-state index in [0.717, 1.165) is 30.2 Å². The van der Waals surface area contributed by atoms with E-state index in [1.54, 1.807) is 30.1 Å². The normalized spacial score (nSPS) is 21.9. The van der Waals surface area contributed by atoms with Gasteiger partial charge in [-0.1, -0.05) is 40.4 Å². The van der Waals surface area contributed by atoms with Gasteiger partial charge in [-0.2, -0.15) is 0 Å². The molecule has 0 aromatic heterocycles. The molecule has 1 aliphatic rings. The van der Waals surface area contributed by atoms with E-state index in [9.17, 15) is 9.90 Å². The second kappa shape index (κ2) is 7.47. The second-order valence-electron chi connectivity index (χ2n) is 5.29. The van der Waals surface area contributed by atoms with E-state index in [1.807, 2.05) is 0 Å². The maximum Gasteiger partial charge on any atom is 0.260 e. The average molecular weight is 377 g/mol. The predicted molar refractivity (Wildman–Crippen MR) is 85.7 cm³/mol. The van der Waals surface area contributed by atoms with E-state index in [4.69, 9.17) is 16.3 Å². The van der Waals surface area contributed by atoms with Gasteiger partial charge in [-0.25, -0.2) is 0 Å². The summed E-state index contributed by atoms with van der Waals surface area (Å²) < 4.78 is 6.33. The van der Waals surface area contributed by atoms with Crippen LogP contribution >= 0.6 is 27.5 Å². The van der Waals surface area contributed by atoms with E-state index in [1.165, 1.54) is 0 Å². The first kappa shape index (κ1) is 16.6. The zero-order chi connectivity index (χ0) is 15.4. The van der Waals surface area contributed by atoms with Crippen molar-refractivity contribution >= 4 is 33.4 Å². The number of carbonyl (C=O) groups excluding carboxylic acids is 1. The summed E-state index contributed by atoms with van der Waals surface area (Å²) in [6.45, 7) is -0.0823. The van der Waals surface area contributed by atoms with Crippen LogP contribution in [0.4, 0.5) is 0 Å². The minimum Gasteiger partial charge on any atom is -0.482 e. The standard InChI is InChI=1S/C15H19BrClNO3/c1-18(12-4-2-3-5-13(12)19)15(20)9-21-14-7-6-10(16)8-11(14)17/h6-8,12-13,19H,2-5,9H2,1H3. The molecule has 1 aromatic carbocycles. The highest BCUT2D eigenvalue weighted by Crippen LogP contribution is 2.28. The molecule has 0 saturated heterocycles. The third-order valence-electron chi connectivity index (χ3n) is 3.83. The molecule has 0 bridgehead atoms. The van der Waals surface area contributed by atoms with Gasteiger partial charge in [0.2, 0.25) is 0 Å². The lowest BCUT2D eigenvalue weighted by Crippen LogP contribution is -2.47. The fraction of sp³-hybridized carbons (Fsp3) is 0.533. The number of halogens is 2. The molecule has 1 fully saturated rings. The predicted octanol–water partition coefficient (Wildman–Crippen LogP) is 3.24. The highest BCUT2D eigenvalue weighted by Gasteiger charge is 2.29. The van der Waals surface area contributed by atoms with Crippen molar-refractivity contribution in [3.63, 3.8) is 0 Å². The van der Waals surface area contributed by atoms with E-state index >= 15 is 0 Å². The van der Waals surface area contributed by atoms with Gasteiger partial charge in [0.05, 0.1) is 17.2 Å². The summed E-state index contributed by atoms with van der Waals surface area (Å²) >= 11 is 9.36. The van der Waals surface area contributed by atoms with Gasteiger partial charge in [-0.05, 0) is 31.0 Å². The van der Waals surface area contributed by atoms with Crippen LogP contribution in [0.1, 0.15) is 25.7 Å². The van der Waals surface area contributed by atoms with Crippen molar-refractivity contribution in [1.82, 2.24) is 4.90 Å². The van der Waals surface area contributed by atoms with Crippen LogP contribution in [0, 0.1) is 0 Å². The Bertz CT molecular complexity index is 512. The average Bonchev–Trinajstić information content (AvgIpc) is 2.46. The molecule has 0 heterocycles. The van der Waals surface area contributed by atoms with Crippen LogP contribution in [0.15, 0.2) is 22.7 Å². The van der Waals surface area contributed by atoms with Gasteiger partial charge in [0.1, 0.15) is 5.75 Å². The molecule has 1 aliphatic carbocycles. The number of rotatable bonds is 4. The van der Waals surface area contributed by atoms with Gasteiger partial charge in [0, 0.05) is 11.5 Å². The number of amides is 1. The third-order valence-corrected chi connectivity index (χ3v) is 4.62. The number of ether oxygens (including phenoxy) is 1. The summed E-state index contributed by atoms with van der Waals surface area (Å²) in [5.74, 6) is 0.325. The first-order valence-corrected chi connectivity index (χ1v) is 8.17. The highest BCUT2D eigenvalue weighted by atomic mass is 79.9. The van der Waals surface area contributed by atoms with E-state index in [2.05, 4.69) is 15.9 Å². The van der Waals surface area contributed by atoms with Gasteiger partial charge >= 0.3 is 0 Å². The zero-order valence-corrected chi connectivity index (χ0v) is 14.2. The fourth-order valence-electron chi connectivity index (χ4n) is 2.56. The van der Waals surface area contributed by atoms with Crippen molar-refractivity contribution in [1.29, 1.82) is 0 Å². The molecule has 2 rings (SSSR count). The van der Waals surface area contributed by atoms with Crippen LogP contribution in [0.5, 0.6) is 5.75 Å². The molecule has 1 amide bonds. The van der Waals surface area contributed by atoms with Gasteiger partial charge in [-0.3, -0.25) is 4.79 Å². The molecule has 116 valence electrons. The van der Waals surface area contributed by atoms with Crippen LogP contribution in [-0.4, -0.2) is 41.7 Å². The van der Waals surface area contributed by atoms with Crippen molar-refractivity contribution in [2.45, 2.75) is 37.8 Å². The molecule has 1 aromatic rings. The number of benzene rings is 1. The maximum absolute atomic E-state index is 12.2. The monoisotopic (exact) mass is 375 g/mol. The zero-order valence-electron chi connectivity index (χ0n) is 11.9. The lowest BCUT2D eigenvalue weighted by molar-refractivity contribution is -0.137. The molecule has 2 atom stereocenters. The molecular formula is C15H19BrClNO3. The molecule has 0 radical (unpaired) electrons. The van der Waals surface area contributed by atoms with Crippen LogP contribution in [-0.2, 0) is 4.79 Å². The number of hydrogen-bond acceptors (Lipinski definition) is 3. The molecule has 1 N–H and O–H groups in total. The number of aliphatic hydroxyl groups is 1. The van der Waals surface area contributed by atoms with Crippen molar-refractivity contribution in [3.8, 4) is 5.75 Å². The van der Waals surface area contributed by atoms with Crippen molar-refractivity contribution in [3.05, 3.63) is 27.7 Å². The Morgan fingerprint density at radius 1 is 1.48 bits per heavy atom. The molecule has 0 aliphatic heterocycles. The quantitative estimate of drug-likeness (QED) is 0.877. The number of nitrogens with zero attached hydrogens (tertiary/aromatic N) is 1. The van der Waals surface area contributed by atoms with Gasteiger partial charge in [-0.15, -0.1) is 0 Å². The van der Waals surface area contributed by atoms with Crippen LogP contribution < -0.4 is 4.74 Å². The summed E-state index contributed by atoms with van der Waals surface area (Å²) in [6.07, 6.45) is 3.21. The Kier molecular flexibility index (Phi) is 5.90. The Morgan fingerprint density at radius 2 is 2.19 bits per heavy atom. The Morgan fingerprint density at radius 3 is 2.86 bits per heavy atom. The fourth-order valence-corrected chi connectivity index (χ4v) is 3.29. The maximum atomic E-state index is 12.2. The van der Waals surface area contributed by atoms with Crippen molar-refractivity contribution in [2.75, 3.05) is 13.7 Å². The molecule has 0 spiro atoms. The minimum atomic E-state index is -0.441. The first-order valence-electron chi connectivity index (χ1n) is 7.00. The van der Waals surface area contributed by atoms with E-state index in [0.29, 0.717) is 10.8 Å². The van der Waals surface area contributed by atoms with Crippen molar-refractivity contribution < 1.29 is 14.6 Å². The lowest BCUT2D eigenvalue weighted by atomic mass is 9.91. The number of likely N-dealkylation sites (N-methyl/N-ethyl adjacent to an activating group) is 1. The highest BCUT2D eigenvalue weighted by molar-refractivity contribution is 9.10. The largest absolute Gasteiger partial charge is 0.482 e. The number of hydrogen-bond donors (Lipinski definition) is 1. The Labute approximate surface area is 138 Å². The smallest absolute Gasteiger partial charge is 0.260 e. The third kappa shape index (κ3) is 4.34. The van der Waals surface area contributed by atoms with Crippen LogP contribution in [0.3, 0.4) is 0 Å². The molecule has 2 unspecified atom stereocenters. The SMILES string of the molecule is CN(C(=O)COc1ccc(Br)cc1Cl)C1CCCCC1O. The summed E-state index contributed by atoms with van der Waals surface area (Å²) in [4.78, 5) is 13.8. The van der Waals surface area contributed by atoms with Gasteiger partial charge in [0.15, 0.2) is 6.61 Å². The molecule has 21 heavy (non-hydrogen) atoms. The first-order chi connectivity index (χ1) is 9.99. The summed E-state index contributed by atoms with van der Waals surface area (Å²) in [5, 5.41) is 10.4. The summed E-state index contributed by atoms with van der Waals surface area (Å²) in [6, 6.07) is 5.13. The molecular weight excluding hydrogens is 358 g/mol. The molecule has 6 heteroatoms.